The fraction of sp³-hybridized carbons (Fsp3) is 0.158. The third-order valence-electron chi connectivity index (χ3n) is 3.34. The Hall–Kier alpha value is -2.80. The largest absolute Gasteiger partial charge is 0.496 e. The molecule has 0 aliphatic carbocycles. The van der Waals surface area contributed by atoms with Crippen molar-refractivity contribution in [3.8, 4) is 17.2 Å². The number of hydrogen-bond acceptors (Lipinski definition) is 5. The van der Waals surface area contributed by atoms with Gasteiger partial charge in [0.25, 0.3) is 5.91 Å². The summed E-state index contributed by atoms with van der Waals surface area (Å²) in [6, 6.07) is 10.4. The van der Waals surface area contributed by atoms with E-state index in [2.05, 4.69) is 33.0 Å². The van der Waals surface area contributed by atoms with Gasteiger partial charge in [0.15, 0.2) is 11.5 Å². The Balaban J connectivity index is 2.05. The number of carbonyl (C=O) groups excluding carboxylic acids is 1. The van der Waals surface area contributed by atoms with E-state index in [1.165, 1.54) is 7.11 Å². The van der Waals surface area contributed by atoms with Crippen molar-refractivity contribution in [1.82, 2.24) is 5.43 Å². The minimum absolute atomic E-state index is 0.351. The summed E-state index contributed by atoms with van der Waals surface area (Å²) in [5.41, 5.74) is 3.69. The smallest absolute Gasteiger partial charge is 0.271 e. The van der Waals surface area contributed by atoms with Gasteiger partial charge >= 0.3 is 0 Å². The van der Waals surface area contributed by atoms with Crippen molar-refractivity contribution >= 4 is 28.1 Å². The number of carbonyl (C=O) groups is 1. The topological polar surface area (TPSA) is 69.2 Å². The van der Waals surface area contributed by atoms with E-state index < -0.39 is 0 Å². The molecule has 0 heterocycles. The molecular formula is C19H19BrN2O4. The first-order valence-corrected chi connectivity index (χ1v) is 8.47. The summed E-state index contributed by atoms with van der Waals surface area (Å²) in [5, 5.41) is 3.97. The van der Waals surface area contributed by atoms with Gasteiger partial charge in [0.1, 0.15) is 12.4 Å². The normalized spacial score (nSPS) is 10.4. The number of amides is 1. The Morgan fingerprint density at radius 1 is 1.15 bits per heavy atom. The van der Waals surface area contributed by atoms with Gasteiger partial charge in [-0.2, -0.15) is 5.10 Å². The minimum atomic E-state index is -0.359. The SMILES string of the molecule is C=CCOc1ccc(C(=O)N/N=C/c2ccc(OC)c(Br)c2)cc1OC. The highest BCUT2D eigenvalue weighted by Crippen LogP contribution is 2.28. The van der Waals surface area contributed by atoms with Crippen molar-refractivity contribution in [2.24, 2.45) is 5.10 Å². The molecule has 0 spiro atoms. The molecule has 2 rings (SSSR count). The number of rotatable bonds is 8. The van der Waals surface area contributed by atoms with Crippen LogP contribution in [0.15, 0.2) is 58.6 Å². The van der Waals surface area contributed by atoms with E-state index in [1.807, 2.05) is 12.1 Å². The predicted molar refractivity (Wildman–Crippen MR) is 104 cm³/mol. The van der Waals surface area contributed by atoms with Gasteiger partial charge in [-0.25, -0.2) is 5.43 Å². The highest BCUT2D eigenvalue weighted by Gasteiger charge is 2.10. The number of hydrazone groups is 1. The van der Waals surface area contributed by atoms with Crippen LogP contribution < -0.4 is 19.6 Å². The lowest BCUT2D eigenvalue weighted by Gasteiger charge is -2.10. The van der Waals surface area contributed by atoms with Gasteiger partial charge < -0.3 is 14.2 Å². The van der Waals surface area contributed by atoms with Crippen LogP contribution in [0.4, 0.5) is 0 Å². The zero-order valence-electron chi connectivity index (χ0n) is 14.5. The first-order valence-electron chi connectivity index (χ1n) is 7.67. The first kappa shape index (κ1) is 19.5. The quantitative estimate of drug-likeness (QED) is 0.402. The zero-order chi connectivity index (χ0) is 18.9. The molecule has 1 amide bonds. The number of ether oxygens (including phenoxy) is 3. The van der Waals surface area contributed by atoms with Crippen molar-refractivity contribution in [2.45, 2.75) is 0 Å². The van der Waals surface area contributed by atoms with Crippen LogP contribution >= 0.6 is 15.9 Å². The number of methoxy groups -OCH3 is 2. The van der Waals surface area contributed by atoms with E-state index in [4.69, 9.17) is 14.2 Å². The van der Waals surface area contributed by atoms with Crippen LogP contribution in [0.25, 0.3) is 0 Å². The first-order chi connectivity index (χ1) is 12.6. The highest BCUT2D eigenvalue weighted by molar-refractivity contribution is 9.10. The lowest BCUT2D eigenvalue weighted by Crippen LogP contribution is -2.17. The maximum atomic E-state index is 12.2. The second-order valence-electron chi connectivity index (χ2n) is 5.06. The molecule has 0 atom stereocenters. The van der Waals surface area contributed by atoms with Gasteiger partial charge in [-0.15, -0.1) is 0 Å². The van der Waals surface area contributed by atoms with Crippen molar-refractivity contribution in [3.05, 3.63) is 64.7 Å². The summed E-state index contributed by atoms with van der Waals surface area (Å²) >= 11 is 3.40. The zero-order valence-corrected chi connectivity index (χ0v) is 16.1. The Morgan fingerprint density at radius 3 is 2.54 bits per heavy atom. The summed E-state index contributed by atoms with van der Waals surface area (Å²) < 4.78 is 16.7. The highest BCUT2D eigenvalue weighted by atomic mass is 79.9. The van der Waals surface area contributed by atoms with Crippen LogP contribution in [-0.4, -0.2) is 32.9 Å². The van der Waals surface area contributed by atoms with Crippen molar-refractivity contribution in [3.63, 3.8) is 0 Å². The van der Waals surface area contributed by atoms with E-state index in [-0.39, 0.29) is 5.91 Å². The van der Waals surface area contributed by atoms with E-state index >= 15 is 0 Å². The van der Waals surface area contributed by atoms with Gasteiger partial charge in [0, 0.05) is 5.56 Å². The Bertz CT molecular complexity index is 821. The Kier molecular flexibility index (Phi) is 7.23. The van der Waals surface area contributed by atoms with Crippen LogP contribution in [0, 0.1) is 0 Å². The lowest BCUT2D eigenvalue weighted by atomic mass is 10.2. The molecule has 0 radical (unpaired) electrons. The van der Waals surface area contributed by atoms with E-state index in [0.717, 1.165) is 15.8 Å². The molecule has 136 valence electrons. The summed E-state index contributed by atoms with van der Waals surface area (Å²) in [6.45, 7) is 3.95. The van der Waals surface area contributed by atoms with Gasteiger partial charge in [-0.3, -0.25) is 4.79 Å². The summed E-state index contributed by atoms with van der Waals surface area (Å²) in [7, 11) is 3.10. The van der Waals surface area contributed by atoms with Gasteiger partial charge in [-0.1, -0.05) is 12.7 Å². The number of nitrogens with one attached hydrogen (secondary N) is 1. The van der Waals surface area contributed by atoms with Crippen LogP contribution in [0.3, 0.4) is 0 Å². The molecule has 0 fully saturated rings. The molecule has 0 aliphatic rings. The molecule has 0 aromatic heterocycles. The predicted octanol–water partition coefficient (Wildman–Crippen LogP) is 3.80. The van der Waals surface area contributed by atoms with Gasteiger partial charge in [0.05, 0.1) is 24.9 Å². The summed E-state index contributed by atoms with van der Waals surface area (Å²) in [5.74, 6) is 1.36. The average molecular weight is 419 g/mol. The number of benzene rings is 2. The summed E-state index contributed by atoms with van der Waals surface area (Å²) in [6.07, 6.45) is 3.17. The lowest BCUT2D eigenvalue weighted by molar-refractivity contribution is 0.0954. The molecule has 0 unspecified atom stereocenters. The second kappa shape index (κ2) is 9.62. The molecule has 0 bridgehead atoms. The van der Waals surface area contributed by atoms with Crippen LogP contribution in [0.5, 0.6) is 17.2 Å². The molecule has 2 aromatic carbocycles. The molecule has 6 nitrogen and oxygen atoms in total. The summed E-state index contributed by atoms with van der Waals surface area (Å²) in [4.78, 5) is 12.2. The van der Waals surface area contributed by atoms with Gasteiger partial charge in [0.2, 0.25) is 0 Å². The molecule has 0 saturated carbocycles. The van der Waals surface area contributed by atoms with Crippen LogP contribution in [0.2, 0.25) is 0 Å². The average Bonchev–Trinajstić information content (AvgIpc) is 2.66. The molecule has 0 saturated heterocycles. The molecule has 26 heavy (non-hydrogen) atoms. The van der Waals surface area contributed by atoms with Crippen molar-refractivity contribution in [1.29, 1.82) is 0 Å². The molecule has 2 aromatic rings. The minimum Gasteiger partial charge on any atom is -0.496 e. The fourth-order valence-electron chi connectivity index (χ4n) is 2.07. The molecule has 1 N–H and O–H groups in total. The van der Waals surface area contributed by atoms with E-state index in [1.54, 1.807) is 43.7 Å². The molecular weight excluding hydrogens is 400 g/mol. The number of nitrogens with zero attached hydrogens (tertiary/aromatic N) is 1. The third-order valence-corrected chi connectivity index (χ3v) is 3.96. The van der Waals surface area contributed by atoms with Crippen molar-refractivity contribution < 1.29 is 19.0 Å². The Labute approximate surface area is 160 Å². The third kappa shape index (κ3) is 5.10. The van der Waals surface area contributed by atoms with Crippen LogP contribution in [-0.2, 0) is 0 Å². The molecule has 7 heteroatoms. The van der Waals surface area contributed by atoms with E-state index in [9.17, 15) is 4.79 Å². The molecule has 0 aliphatic heterocycles. The fourth-order valence-corrected chi connectivity index (χ4v) is 2.63. The Morgan fingerprint density at radius 2 is 1.88 bits per heavy atom. The van der Waals surface area contributed by atoms with Crippen molar-refractivity contribution in [2.75, 3.05) is 20.8 Å². The van der Waals surface area contributed by atoms with E-state index in [0.29, 0.717) is 23.7 Å². The van der Waals surface area contributed by atoms with Gasteiger partial charge in [-0.05, 0) is 57.9 Å². The number of hydrogen-bond donors (Lipinski definition) is 1. The maximum Gasteiger partial charge on any atom is 0.271 e. The number of halogens is 1. The second-order valence-corrected chi connectivity index (χ2v) is 5.91. The standard InChI is InChI=1S/C19H19BrN2O4/c1-4-9-26-17-8-6-14(11-18(17)25-3)19(23)22-21-12-13-5-7-16(24-2)15(20)10-13/h4-8,10-12H,1,9H2,2-3H3,(H,22,23)/b21-12+. The monoisotopic (exact) mass is 418 g/mol. The maximum absolute atomic E-state index is 12.2. The van der Waals surface area contributed by atoms with Crippen LogP contribution in [0.1, 0.15) is 15.9 Å².